The smallest absolute Gasteiger partial charge is 0.193 e. The molecule has 0 saturated carbocycles. The molecule has 0 aromatic carbocycles. The Labute approximate surface area is 124 Å². The highest BCUT2D eigenvalue weighted by atomic mass is 15.3. The first-order valence-corrected chi connectivity index (χ1v) is 8.33. The zero-order valence-corrected chi connectivity index (χ0v) is 13.7. The lowest BCUT2D eigenvalue weighted by atomic mass is 9.92. The molecule has 2 aliphatic rings. The summed E-state index contributed by atoms with van der Waals surface area (Å²) < 4.78 is 0. The summed E-state index contributed by atoms with van der Waals surface area (Å²) in [5.41, 5.74) is 0. The monoisotopic (exact) mass is 280 g/mol. The van der Waals surface area contributed by atoms with Gasteiger partial charge in [0.2, 0.25) is 0 Å². The van der Waals surface area contributed by atoms with Gasteiger partial charge in [0, 0.05) is 25.7 Å². The van der Waals surface area contributed by atoms with E-state index in [1.165, 1.54) is 25.8 Å². The summed E-state index contributed by atoms with van der Waals surface area (Å²) in [5, 5.41) is 3.49. The first-order valence-electron chi connectivity index (χ1n) is 8.33. The number of guanidine groups is 1. The summed E-state index contributed by atoms with van der Waals surface area (Å²) in [6.45, 7) is 12.3. The molecule has 116 valence electrons. The van der Waals surface area contributed by atoms with Crippen molar-refractivity contribution in [3.05, 3.63) is 0 Å². The lowest BCUT2D eigenvalue weighted by Gasteiger charge is -2.37. The normalized spacial score (nSPS) is 32.7. The van der Waals surface area contributed by atoms with Gasteiger partial charge < -0.3 is 15.1 Å². The van der Waals surface area contributed by atoms with Crippen LogP contribution in [0.5, 0.6) is 0 Å². The summed E-state index contributed by atoms with van der Waals surface area (Å²) in [5.74, 6) is 2.68. The third-order valence-electron chi connectivity index (χ3n) is 4.63. The van der Waals surface area contributed by atoms with Gasteiger partial charge in [0.1, 0.15) is 0 Å². The SMILES string of the molecule is CCNC(=NCC1CCCN1C)N1CC(C)CC(C)C1. The number of piperidine rings is 1. The Bertz CT molecular complexity index is 318. The van der Waals surface area contributed by atoms with Gasteiger partial charge in [-0.3, -0.25) is 4.99 Å². The van der Waals surface area contributed by atoms with Gasteiger partial charge in [-0.05, 0) is 51.6 Å². The van der Waals surface area contributed by atoms with Gasteiger partial charge in [-0.25, -0.2) is 0 Å². The highest BCUT2D eigenvalue weighted by Gasteiger charge is 2.25. The molecule has 3 atom stereocenters. The number of nitrogens with zero attached hydrogens (tertiary/aromatic N) is 3. The van der Waals surface area contributed by atoms with Gasteiger partial charge in [-0.15, -0.1) is 0 Å². The Morgan fingerprint density at radius 3 is 2.50 bits per heavy atom. The Balaban J connectivity index is 1.97. The highest BCUT2D eigenvalue weighted by molar-refractivity contribution is 5.80. The minimum atomic E-state index is 0.642. The molecule has 3 unspecified atom stereocenters. The standard InChI is InChI=1S/C16H32N4/c1-5-17-16(18-10-15-7-6-8-19(15)4)20-11-13(2)9-14(3)12-20/h13-15H,5-12H2,1-4H3,(H,17,18). The van der Waals surface area contributed by atoms with Crippen LogP contribution < -0.4 is 5.32 Å². The fraction of sp³-hybridized carbons (Fsp3) is 0.938. The van der Waals surface area contributed by atoms with E-state index in [1.807, 2.05) is 0 Å². The predicted octanol–water partition coefficient (Wildman–Crippen LogP) is 2.02. The van der Waals surface area contributed by atoms with Crippen molar-refractivity contribution in [3.8, 4) is 0 Å². The number of aliphatic imine (C=N–C) groups is 1. The van der Waals surface area contributed by atoms with Crippen molar-refractivity contribution in [3.63, 3.8) is 0 Å². The molecule has 4 nitrogen and oxygen atoms in total. The highest BCUT2D eigenvalue weighted by Crippen LogP contribution is 2.21. The predicted molar refractivity (Wildman–Crippen MR) is 86.1 cm³/mol. The van der Waals surface area contributed by atoms with Crippen molar-refractivity contribution in [2.45, 2.75) is 46.1 Å². The zero-order valence-electron chi connectivity index (χ0n) is 13.7. The molecule has 0 spiro atoms. The number of likely N-dealkylation sites (tertiary alicyclic amines) is 2. The van der Waals surface area contributed by atoms with Crippen LogP contribution in [0.2, 0.25) is 0 Å². The van der Waals surface area contributed by atoms with Crippen LogP contribution >= 0.6 is 0 Å². The molecular weight excluding hydrogens is 248 g/mol. The van der Waals surface area contributed by atoms with Crippen molar-refractivity contribution < 1.29 is 0 Å². The number of rotatable bonds is 3. The lowest BCUT2D eigenvalue weighted by Crippen LogP contribution is -2.48. The molecule has 4 heteroatoms. The van der Waals surface area contributed by atoms with E-state index in [1.54, 1.807) is 0 Å². The van der Waals surface area contributed by atoms with Crippen LogP contribution in [0.4, 0.5) is 0 Å². The second kappa shape index (κ2) is 7.30. The van der Waals surface area contributed by atoms with Gasteiger partial charge in [-0.2, -0.15) is 0 Å². The maximum atomic E-state index is 4.93. The fourth-order valence-electron chi connectivity index (χ4n) is 3.66. The topological polar surface area (TPSA) is 30.9 Å². The molecule has 2 saturated heterocycles. The van der Waals surface area contributed by atoms with E-state index in [0.717, 1.165) is 44.0 Å². The van der Waals surface area contributed by atoms with E-state index >= 15 is 0 Å². The van der Waals surface area contributed by atoms with E-state index in [2.05, 4.69) is 42.9 Å². The molecule has 0 bridgehead atoms. The van der Waals surface area contributed by atoms with E-state index in [9.17, 15) is 0 Å². The largest absolute Gasteiger partial charge is 0.357 e. The molecule has 2 aliphatic heterocycles. The van der Waals surface area contributed by atoms with Gasteiger partial charge in [0.15, 0.2) is 5.96 Å². The molecule has 2 fully saturated rings. The third-order valence-corrected chi connectivity index (χ3v) is 4.63. The lowest BCUT2D eigenvalue weighted by molar-refractivity contribution is 0.208. The Kier molecular flexibility index (Phi) is 5.70. The van der Waals surface area contributed by atoms with Crippen LogP contribution in [0.15, 0.2) is 4.99 Å². The van der Waals surface area contributed by atoms with Crippen molar-refractivity contribution in [1.29, 1.82) is 0 Å². The number of likely N-dealkylation sites (N-methyl/N-ethyl adjacent to an activating group) is 1. The Morgan fingerprint density at radius 1 is 1.25 bits per heavy atom. The summed E-state index contributed by atoms with van der Waals surface area (Å²) >= 11 is 0. The van der Waals surface area contributed by atoms with Gasteiger partial charge in [0.05, 0.1) is 6.54 Å². The van der Waals surface area contributed by atoms with Crippen LogP contribution in [0, 0.1) is 11.8 Å². The first-order chi connectivity index (χ1) is 9.60. The molecule has 0 radical (unpaired) electrons. The quantitative estimate of drug-likeness (QED) is 0.634. The second-order valence-corrected chi connectivity index (χ2v) is 6.82. The Hall–Kier alpha value is -0.770. The average Bonchev–Trinajstić information content (AvgIpc) is 2.79. The minimum Gasteiger partial charge on any atom is -0.357 e. The molecule has 2 heterocycles. The minimum absolute atomic E-state index is 0.642. The number of hydrogen-bond donors (Lipinski definition) is 1. The average molecular weight is 280 g/mol. The van der Waals surface area contributed by atoms with Gasteiger partial charge >= 0.3 is 0 Å². The first kappa shape index (κ1) is 15.6. The van der Waals surface area contributed by atoms with Crippen molar-refractivity contribution in [2.24, 2.45) is 16.8 Å². The molecule has 2 rings (SSSR count). The van der Waals surface area contributed by atoms with Gasteiger partial charge in [-0.1, -0.05) is 13.8 Å². The molecule has 0 aromatic rings. The fourth-order valence-corrected chi connectivity index (χ4v) is 3.66. The summed E-state index contributed by atoms with van der Waals surface area (Å²) in [7, 11) is 2.23. The molecule has 0 amide bonds. The van der Waals surface area contributed by atoms with Crippen molar-refractivity contribution in [2.75, 3.05) is 39.8 Å². The summed E-state index contributed by atoms with van der Waals surface area (Å²) in [4.78, 5) is 9.85. The molecule has 1 N–H and O–H groups in total. The number of nitrogens with one attached hydrogen (secondary N) is 1. The van der Waals surface area contributed by atoms with E-state index < -0.39 is 0 Å². The van der Waals surface area contributed by atoms with E-state index in [-0.39, 0.29) is 0 Å². The van der Waals surface area contributed by atoms with Crippen LogP contribution in [-0.2, 0) is 0 Å². The summed E-state index contributed by atoms with van der Waals surface area (Å²) in [6, 6.07) is 0.642. The Morgan fingerprint density at radius 2 is 1.95 bits per heavy atom. The molecule has 20 heavy (non-hydrogen) atoms. The van der Waals surface area contributed by atoms with Gasteiger partial charge in [0.25, 0.3) is 0 Å². The third kappa shape index (κ3) is 4.11. The van der Waals surface area contributed by atoms with Crippen molar-refractivity contribution >= 4 is 5.96 Å². The van der Waals surface area contributed by atoms with Crippen LogP contribution in [-0.4, -0.2) is 61.6 Å². The molecule has 0 aliphatic carbocycles. The maximum absolute atomic E-state index is 4.93. The second-order valence-electron chi connectivity index (χ2n) is 6.82. The van der Waals surface area contributed by atoms with Crippen LogP contribution in [0.3, 0.4) is 0 Å². The van der Waals surface area contributed by atoms with Crippen LogP contribution in [0.1, 0.15) is 40.0 Å². The van der Waals surface area contributed by atoms with Crippen molar-refractivity contribution in [1.82, 2.24) is 15.1 Å². The summed E-state index contributed by atoms with van der Waals surface area (Å²) in [6.07, 6.45) is 3.97. The van der Waals surface area contributed by atoms with E-state index in [0.29, 0.717) is 6.04 Å². The maximum Gasteiger partial charge on any atom is 0.193 e. The molecule has 0 aromatic heterocycles. The van der Waals surface area contributed by atoms with E-state index in [4.69, 9.17) is 4.99 Å². The van der Waals surface area contributed by atoms with Crippen LogP contribution in [0.25, 0.3) is 0 Å². The number of hydrogen-bond acceptors (Lipinski definition) is 2. The zero-order chi connectivity index (χ0) is 14.5. The molecular formula is C16H32N4.